The van der Waals surface area contributed by atoms with Gasteiger partial charge in [-0.05, 0) is 36.2 Å². The lowest BCUT2D eigenvalue weighted by Gasteiger charge is -2.08. The van der Waals surface area contributed by atoms with Gasteiger partial charge in [-0.3, -0.25) is 15.1 Å². The maximum absolute atomic E-state index is 11.0. The van der Waals surface area contributed by atoms with Gasteiger partial charge in [-0.15, -0.1) is 0 Å². The molecule has 0 saturated carbocycles. The van der Waals surface area contributed by atoms with E-state index in [1.165, 1.54) is 6.07 Å². The minimum atomic E-state index is -0.380. The zero-order valence-electron chi connectivity index (χ0n) is 12.1. The van der Waals surface area contributed by atoms with E-state index < -0.39 is 0 Å². The van der Waals surface area contributed by atoms with Gasteiger partial charge in [0.25, 0.3) is 5.69 Å². The number of nitro groups is 1. The van der Waals surface area contributed by atoms with E-state index in [9.17, 15) is 10.1 Å². The predicted molar refractivity (Wildman–Crippen MR) is 88.5 cm³/mol. The van der Waals surface area contributed by atoms with Gasteiger partial charge in [0.1, 0.15) is 0 Å². The Morgan fingerprint density at radius 2 is 2.00 bits per heavy atom. The number of pyridine rings is 1. The lowest BCUT2D eigenvalue weighted by Crippen LogP contribution is -1.90. The number of nitrogens with zero attached hydrogens (tertiary/aromatic N) is 2. The molecule has 0 radical (unpaired) electrons. The lowest BCUT2D eigenvalue weighted by molar-refractivity contribution is -0.384. The third-order valence-corrected chi connectivity index (χ3v) is 3.45. The Bertz CT molecular complexity index is 885. The summed E-state index contributed by atoms with van der Waals surface area (Å²) in [6.45, 7) is 1.96. The van der Waals surface area contributed by atoms with Crippen molar-refractivity contribution in [3.63, 3.8) is 0 Å². The van der Waals surface area contributed by atoms with Crippen LogP contribution in [0.25, 0.3) is 28.1 Å². The summed E-state index contributed by atoms with van der Waals surface area (Å²) < 4.78 is 0. The number of non-ortho nitro benzene ring substituents is 1. The molecule has 4 heteroatoms. The van der Waals surface area contributed by atoms with Gasteiger partial charge in [-0.1, -0.05) is 30.4 Å². The van der Waals surface area contributed by atoms with Crippen molar-refractivity contribution < 1.29 is 4.92 Å². The normalized spacial score (nSPS) is 11.1. The first kappa shape index (κ1) is 13.9. The highest BCUT2D eigenvalue weighted by Crippen LogP contribution is 2.31. The highest BCUT2D eigenvalue weighted by molar-refractivity contribution is 5.95. The molecule has 0 N–H and O–H groups in total. The number of rotatable bonds is 3. The summed E-state index contributed by atoms with van der Waals surface area (Å²) in [5.41, 5.74) is 3.66. The van der Waals surface area contributed by atoms with Crippen molar-refractivity contribution in [1.29, 1.82) is 0 Å². The van der Waals surface area contributed by atoms with Gasteiger partial charge >= 0.3 is 0 Å². The van der Waals surface area contributed by atoms with E-state index in [1.54, 1.807) is 18.3 Å². The second-order valence-corrected chi connectivity index (χ2v) is 4.95. The van der Waals surface area contributed by atoms with Crippen molar-refractivity contribution in [3.8, 4) is 11.1 Å². The van der Waals surface area contributed by atoms with Crippen LogP contribution in [0.1, 0.15) is 12.5 Å². The molecule has 1 aromatic heterocycles. The van der Waals surface area contributed by atoms with Crippen molar-refractivity contribution in [1.82, 2.24) is 4.98 Å². The van der Waals surface area contributed by atoms with E-state index in [2.05, 4.69) is 11.1 Å². The summed E-state index contributed by atoms with van der Waals surface area (Å²) in [5, 5.41) is 12.0. The Labute approximate surface area is 127 Å². The first-order valence-corrected chi connectivity index (χ1v) is 6.95. The van der Waals surface area contributed by atoms with Crippen LogP contribution in [0.4, 0.5) is 5.69 Å². The van der Waals surface area contributed by atoms with E-state index in [-0.39, 0.29) is 10.6 Å². The molecule has 0 spiro atoms. The monoisotopic (exact) mass is 290 g/mol. The molecule has 1 heterocycles. The minimum Gasteiger partial charge on any atom is -0.258 e. The second kappa shape index (κ2) is 5.77. The molecule has 0 fully saturated rings. The van der Waals surface area contributed by atoms with Crippen LogP contribution in [-0.4, -0.2) is 9.91 Å². The van der Waals surface area contributed by atoms with E-state index in [0.717, 1.165) is 27.6 Å². The number of hydrogen-bond acceptors (Lipinski definition) is 3. The fourth-order valence-corrected chi connectivity index (χ4v) is 2.51. The predicted octanol–water partition coefficient (Wildman–Crippen LogP) is 4.84. The minimum absolute atomic E-state index is 0.0815. The van der Waals surface area contributed by atoms with Crippen LogP contribution in [0, 0.1) is 10.1 Å². The summed E-state index contributed by atoms with van der Waals surface area (Å²) >= 11 is 0. The van der Waals surface area contributed by atoms with Crippen molar-refractivity contribution in [2.45, 2.75) is 6.92 Å². The van der Waals surface area contributed by atoms with Crippen LogP contribution in [0.2, 0.25) is 0 Å². The molecule has 108 valence electrons. The smallest absolute Gasteiger partial charge is 0.258 e. The second-order valence-electron chi connectivity index (χ2n) is 4.95. The molecule has 4 nitrogen and oxygen atoms in total. The van der Waals surface area contributed by atoms with Gasteiger partial charge in [-0.2, -0.15) is 0 Å². The fraction of sp³-hybridized carbons (Fsp3) is 0.0556. The Morgan fingerprint density at radius 1 is 1.14 bits per heavy atom. The maximum atomic E-state index is 11.0. The standard InChI is InChI=1S/C18H14N2O2/c1-2-5-13-10-15-7-4-9-19-18(15)17(11-13)14-6-3-8-16(12-14)20(21)22/h2-12H,1H3. The van der Waals surface area contributed by atoms with Crippen LogP contribution < -0.4 is 0 Å². The molecule has 0 amide bonds. The quantitative estimate of drug-likeness (QED) is 0.512. The van der Waals surface area contributed by atoms with E-state index in [4.69, 9.17) is 0 Å². The van der Waals surface area contributed by atoms with Gasteiger partial charge in [0, 0.05) is 29.3 Å². The van der Waals surface area contributed by atoms with Gasteiger partial charge in [0.2, 0.25) is 0 Å². The third-order valence-electron chi connectivity index (χ3n) is 3.45. The summed E-state index contributed by atoms with van der Waals surface area (Å²) in [4.78, 5) is 15.1. The summed E-state index contributed by atoms with van der Waals surface area (Å²) in [6, 6.07) is 14.6. The highest BCUT2D eigenvalue weighted by atomic mass is 16.6. The van der Waals surface area contributed by atoms with E-state index in [0.29, 0.717) is 0 Å². The molecule has 0 aliphatic heterocycles. The number of benzene rings is 2. The lowest BCUT2D eigenvalue weighted by atomic mass is 9.98. The molecule has 0 atom stereocenters. The largest absolute Gasteiger partial charge is 0.270 e. The molecule has 0 aliphatic rings. The summed E-state index contributed by atoms with van der Waals surface area (Å²) in [5.74, 6) is 0. The van der Waals surface area contributed by atoms with Crippen molar-refractivity contribution >= 4 is 22.7 Å². The average molecular weight is 290 g/mol. The topological polar surface area (TPSA) is 56.0 Å². The molecular formula is C18H14N2O2. The molecule has 3 aromatic rings. The van der Waals surface area contributed by atoms with E-state index >= 15 is 0 Å². The van der Waals surface area contributed by atoms with Crippen LogP contribution in [0.3, 0.4) is 0 Å². The number of fused-ring (bicyclic) bond motifs is 1. The van der Waals surface area contributed by atoms with Crippen LogP contribution >= 0.6 is 0 Å². The Kier molecular flexibility index (Phi) is 3.66. The van der Waals surface area contributed by atoms with Crippen molar-refractivity contribution in [3.05, 3.63) is 76.5 Å². The SMILES string of the molecule is CC=Cc1cc(-c2cccc([N+](=O)[O-])c2)c2ncccc2c1. The summed E-state index contributed by atoms with van der Waals surface area (Å²) in [6.07, 6.45) is 5.71. The van der Waals surface area contributed by atoms with E-state index in [1.807, 2.05) is 43.3 Å². The molecule has 22 heavy (non-hydrogen) atoms. The number of hydrogen-bond donors (Lipinski definition) is 0. The number of allylic oxidation sites excluding steroid dienone is 1. The molecule has 2 aromatic carbocycles. The molecular weight excluding hydrogens is 276 g/mol. The first-order valence-electron chi connectivity index (χ1n) is 6.95. The van der Waals surface area contributed by atoms with Crippen molar-refractivity contribution in [2.75, 3.05) is 0 Å². The maximum Gasteiger partial charge on any atom is 0.270 e. The first-order chi connectivity index (χ1) is 10.7. The molecule has 0 saturated heterocycles. The van der Waals surface area contributed by atoms with Crippen LogP contribution in [0.15, 0.2) is 60.8 Å². The average Bonchev–Trinajstić information content (AvgIpc) is 2.54. The molecule has 0 bridgehead atoms. The molecule has 3 rings (SSSR count). The Morgan fingerprint density at radius 3 is 2.77 bits per heavy atom. The third kappa shape index (κ3) is 2.59. The van der Waals surface area contributed by atoms with Crippen LogP contribution in [-0.2, 0) is 0 Å². The van der Waals surface area contributed by atoms with Crippen molar-refractivity contribution in [2.24, 2.45) is 0 Å². The van der Waals surface area contributed by atoms with Crippen LogP contribution in [0.5, 0.6) is 0 Å². The summed E-state index contributed by atoms with van der Waals surface area (Å²) in [7, 11) is 0. The fourth-order valence-electron chi connectivity index (χ4n) is 2.51. The number of nitro benzene ring substituents is 1. The zero-order valence-corrected chi connectivity index (χ0v) is 12.1. The zero-order chi connectivity index (χ0) is 15.5. The van der Waals surface area contributed by atoms with Gasteiger partial charge < -0.3 is 0 Å². The van der Waals surface area contributed by atoms with Gasteiger partial charge in [-0.25, -0.2) is 0 Å². The Balaban J connectivity index is 2.29. The van der Waals surface area contributed by atoms with Gasteiger partial charge in [0.05, 0.1) is 10.4 Å². The molecule has 0 aliphatic carbocycles. The number of aromatic nitrogens is 1. The Hall–Kier alpha value is -3.01. The van der Waals surface area contributed by atoms with Gasteiger partial charge in [0.15, 0.2) is 0 Å². The molecule has 0 unspecified atom stereocenters. The highest BCUT2D eigenvalue weighted by Gasteiger charge is 2.11.